The Morgan fingerprint density at radius 1 is 0.698 bits per heavy atom. The number of ether oxygens (including phenoxy) is 4. The van der Waals surface area contributed by atoms with Gasteiger partial charge in [-0.2, -0.15) is 13.8 Å². The number of halogens is 2. The fourth-order valence-corrected chi connectivity index (χ4v) is 8.39. The predicted octanol–water partition coefficient (Wildman–Crippen LogP) is 9.72. The van der Waals surface area contributed by atoms with E-state index in [4.69, 9.17) is 18.9 Å². The van der Waals surface area contributed by atoms with Crippen LogP contribution < -0.4 is 20.5 Å². The molecule has 1 saturated heterocycles. The van der Waals surface area contributed by atoms with E-state index in [1.807, 2.05) is 97.1 Å². The van der Waals surface area contributed by atoms with Gasteiger partial charge in [0.1, 0.15) is 28.5 Å². The van der Waals surface area contributed by atoms with Crippen LogP contribution in [0.1, 0.15) is 46.0 Å². The molecule has 1 fully saturated rings. The first-order valence-electron chi connectivity index (χ1n) is 20.4. The largest absolute Gasteiger partial charge is 0.497 e. The molecule has 1 aliphatic rings. The van der Waals surface area contributed by atoms with Crippen LogP contribution in [0.25, 0.3) is 0 Å². The van der Waals surface area contributed by atoms with Crippen LogP contribution in [0.15, 0.2) is 200 Å². The zero-order valence-electron chi connectivity index (χ0n) is 34.6. The predicted molar refractivity (Wildman–Crippen MR) is 237 cm³/mol. The number of allylic oxidation sites excluding steroid dienone is 1. The summed E-state index contributed by atoms with van der Waals surface area (Å²) in [6.07, 6.45) is -4.08. The molecule has 0 saturated carbocycles. The minimum Gasteiger partial charge on any atom is -0.497 e. The molecular formula is C52H45F2N3O6. The number of rotatable bonds is 16. The zero-order valence-corrected chi connectivity index (χ0v) is 34.6. The van der Waals surface area contributed by atoms with E-state index in [-0.39, 0.29) is 12.2 Å². The van der Waals surface area contributed by atoms with Crippen molar-refractivity contribution in [3.8, 4) is 11.5 Å². The SMILES string of the molecule is C=CCC(=O)[C@H]1O[C@@H](n2ccc(NC(c3ccccc3)(c3ccccc3)c3ccc(OC)cc3)nc2=O)C(F)(F)[C@@H]1OC(c1ccccc1)(c1ccccc1)c1ccc(OC)cc1. The van der Waals surface area contributed by atoms with Crippen LogP contribution in [0, 0.1) is 0 Å². The van der Waals surface area contributed by atoms with E-state index in [2.05, 4.69) is 16.9 Å². The van der Waals surface area contributed by atoms with E-state index in [0.717, 1.165) is 16.7 Å². The van der Waals surface area contributed by atoms with Gasteiger partial charge >= 0.3 is 11.6 Å². The van der Waals surface area contributed by atoms with Gasteiger partial charge in [0, 0.05) is 12.6 Å². The molecule has 0 radical (unpaired) electrons. The van der Waals surface area contributed by atoms with Gasteiger partial charge in [0.05, 0.1) is 14.2 Å². The number of hydrogen-bond donors (Lipinski definition) is 1. The summed E-state index contributed by atoms with van der Waals surface area (Å²) in [5, 5.41) is 3.51. The number of ketones is 1. The third-order valence-corrected chi connectivity index (χ3v) is 11.4. The lowest BCUT2D eigenvalue weighted by Gasteiger charge is -2.40. The van der Waals surface area contributed by atoms with Crippen LogP contribution in [-0.2, 0) is 25.4 Å². The molecular weight excluding hydrogens is 801 g/mol. The maximum atomic E-state index is 17.6. The van der Waals surface area contributed by atoms with Gasteiger partial charge < -0.3 is 24.3 Å². The Kier molecular flexibility index (Phi) is 12.2. The summed E-state index contributed by atoms with van der Waals surface area (Å²) < 4.78 is 59.7. The highest BCUT2D eigenvalue weighted by molar-refractivity contribution is 5.85. The molecule has 0 unspecified atom stereocenters. The number of anilines is 1. The summed E-state index contributed by atoms with van der Waals surface area (Å²) in [5.74, 6) is -3.39. The molecule has 3 atom stereocenters. The Labute approximate surface area is 364 Å². The molecule has 1 aliphatic heterocycles. The molecule has 0 aliphatic carbocycles. The van der Waals surface area contributed by atoms with E-state index in [1.165, 1.54) is 25.4 Å². The summed E-state index contributed by atoms with van der Waals surface area (Å²) >= 11 is 0. The van der Waals surface area contributed by atoms with Gasteiger partial charge in [0.2, 0.25) is 6.23 Å². The summed E-state index contributed by atoms with van der Waals surface area (Å²) in [6, 6.07) is 53.0. The normalized spacial score (nSPS) is 17.1. The minimum atomic E-state index is -3.98. The molecule has 1 N–H and O–H groups in total. The van der Waals surface area contributed by atoms with Gasteiger partial charge in [0.15, 0.2) is 18.0 Å². The molecule has 0 amide bonds. The monoisotopic (exact) mass is 845 g/mol. The van der Waals surface area contributed by atoms with Crippen molar-refractivity contribution in [1.29, 1.82) is 0 Å². The van der Waals surface area contributed by atoms with Gasteiger partial charge in [-0.05, 0) is 63.7 Å². The quantitative estimate of drug-likeness (QED) is 0.0759. The molecule has 1 aromatic heterocycles. The fourth-order valence-electron chi connectivity index (χ4n) is 8.39. The van der Waals surface area contributed by atoms with E-state index in [1.54, 1.807) is 79.9 Å². The van der Waals surface area contributed by atoms with Crippen LogP contribution in [0.3, 0.4) is 0 Å². The Balaban J connectivity index is 1.24. The number of carbonyl (C=O) groups excluding carboxylic acids is 1. The van der Waals surface area contributed by atoms with Crippen molar-refractivity contribution < 1.29 is 32.5 Å². The number of Topliss-reactive ketones (excluding diaryl/α,β-unsaturated/α-hetero) is 1. The highest BCUT2D eigenvalue weighted by Crippen LogP contribution is 2.51. The molecule has 2 heterocycles. The van der Waals surface area contributed by atoms with Crippen molar-refractivity contribution in [2.75, 3.05) is 19.5 Å². The molecule has 11 heteroatoms. The second-order valence-electron chi connectivity index (χ2n) is 15.1. The Morgan fingerprint density at radius 2 is 1.13 bits per heavy atom. The average molecular weight is 846 g/mol. The van der Waals surface area contributed by atoms with Crippen LogP contribution in [0.2, 0.25) is 0 Å². The lowest BCUT2D eigenvalue weighted by atomic mass is 9.77. The van der Waals surface area contributed by atoms with Gasteiger partial charge in [-0.3, -0.25) is 9.36 Å². The van der Waals surface area contributed by atoms with E-state index >= 15 is 8.78 Å². The van der Waals surface area contributed by atoms with Gasteiger partial charge in [0.25, 0.3) is 0 Å². The number of alkyl halides is 2. The number of nitrogens with zero attached hydrogens (tertiary/aromatic N) is 2. The van der Waals surface area contributed by atoms with Crippen molar-refractivity contribution >= 4 is 11.6 Å². The first-order valence-corrected chi connectivity index (χ1v) is 20.4. The average Bonchev–Trinajstić information content (AvgIpc) is 3.59. The van der Waals surface area contributed by atoms with E-state index in [0.29, 0.717) is 32.8 Å². The van der Waals surface area contributed by atoms with Crippen molar-refractivity contribution in [3.05, 3.63) is 239 Å². The molecule has 318 valence electrons. The van der Waals surface area contributed by atoms with Gasteiger partial charge in [-0.25, -0.2) is 4.79 Å². The molecule has 6 aromatic carbocycles. The second kappa shape index (κ2) is 18.0. The Morgan fingerprint density at radius 3 is 1.57 bits per heavy atom. The standard InChI is InChI=1S/C52H45F2N3O6/c1-4-17-44(58)46-47(63-51(39-22-13-7-14-23-39,40-24-15-8-16-25-40)41-28-32-43(61-3)33-29-41)52(53,54)48(62-46)57-35-34-45(55-49(57)59)56-50(36-18-9-5-10-19-36,37-20-11-6-12-21-37)38-26-30-42(60-2)31-27-38/h4-16,18-35,46-48H,1,17H2,2-3H3,(H,55,56,59)/t46-,47-,48-/m1/s1. The highest BCUT2D eigenvalue weighted by Gasteiger charge is 2.65. The topological polar surface area (TPSA) is 101 Å². The van der Waals surface area contributed by atoms with Crippen molar-refractivity contribution in [1.82, 2.24) is 9.55 Å². The van der Waals surface area contributed by atoms with Crippen LogP contribution in [0.5, 0.6) is 11.5 Å². The van der Waals surface area contributed by atoms with Gasteiger partial charge in [-0.15, -0.1) is 6.58 Å². The fraction of sp³-hybridized carbons (Fsp3) is 0.173. The lowest BCUT2D eigenvalue weighted by molar-refractivity contribution is -0.180. The second-order valence-corrected chi connectivity index (χ2v) is 15.1. The molecule has 0 bridgehead atoms. The number of nitrogens with one attached hydrogen (secondary N) is 1. The van der Waals surface area contributed by atoms with Crippen LogP contribution in [0.4, 0.5) is 14.6 Å². The smallest absolute Gasteiger partial charge is 0.351 e. The summed E-state index contributed by atoms with van der Waals surface area (Å²) in [5.41, 5.74) is 0.0813. The van der Waals surface area contributed by atoms with Gasteiger partial charge in [-0.1, -0.05) is 152 Å². The molecule has 7 aromatic rings. The maximum absolute atomic E-state index is 17.6. The third kappa shape index (κ3) is 7.93. The van der Waals surface area contributed by atoms with Crippen molar-refractivity contribution in [3.63, 3.8) is 0 Å². The molecule has 0 spiro atoms. The molecule has 8 rings (SSSR count). The highest BCUT2D eigenvalue weighted by atomic mass is 19.3. The third-order valence-electron chi connectivity index (χ3n) is 11.4. The maximum Gasteiger partial charge on any atom is 0.351 e. The Hall–Kier alpha value is -7.21. The zero-order chi connectivity index (χ0) is 44.0. The summed E-state index contributed by atoms with van der Waals surface area (Å²) in [7, 11) is 3.12. The number of benzene rings is 6. The lowest BCUT2D eigenvalue weighted by Crippen LogP contribution is -2.49. The molecule has 9 nitrogen and oxygen atoms in total. The number of hydrogen-bond acceptors (Lipinski definition) is 8. The molecule has 63 heavy (non-hydrogen) atoms. The summed E-state index contributed by atoms with van der Waals surface area (Å²) in [4.78, 5) is 32.5. The van der Waals surface area contributed by atoms with Crippen molar-refractivity contribution in [2.24, 2.45) is 0 Å². The summed E-state index contributed by atoms with van der Waals surface area (Å²) in [6.45, 7) is 3.68. The van der Waals surface area contributed by atoms with E-state index in [9.17, 15) is 9.59 Å². The minimum absolute atomic E-state index is 0.0971. The number of aromatic nitrogens is 2. The number of carbonyl (C=O) groups is 1. The van der Waals surface area contributed by atoms with E-state index < -0.39 is 47.0 Å². The first-order chi connectivity index (χ1) is 30.6. The van der Waals surface area contributed by atoms with Crippen molar-refractivity contribution in [2.45, 2.75) is 41.9 Å². The first kappa shape index (κ1) is 42.5. The van der Waals surface area contributed by atoms with Crippen LogP contribution in [-0.4, -0.2) is 47.7 Å². The Bertz CT molecular complexity index is 2620. The number of methoxy groups -OCH3 is 2. The van der Waals surface area contributed by atoms with Crippen LogP contribution >= 0.6 is 0 Å².